The summed E-state index contributed by atoms with van der Waals surface area (Å²) in [7, 11) is -2.91. The van der Waals surface area contributed by atoms with Gasteiger partial charge in [0.05, 0.1) is 12.4 Å². The zero-order valence-electron chi connectivity index (χ0n) is 11.3. The Bertz CT molecular complexity index is 503. The summed E-state index contributed by atoms with van der Waals surface area (Å²) in [5, 5.41) is 3.25. The summed E-state index contributed by atoms with van der Waals surface area (Å²) in [4.78, 5) is 0. The predicted octanol–water partition coefficient (Wildman–Crippen LogP) is 2.37. The fourth-order valence-electron chi connectivity index (χ4n) is 1.59. The monoisotopic (exact) mass is 349 g/mol. The first-order valence-electron chi connectivity index (χ1n) is 6.22. The van der Waals surface area contributed by atoms with Gasteiger partial charge in [-0.05, 0) is 31.2 Å². The van der Waals surface area contributed by atoms with Gasteiger partial charge in [-0.2, -0.15) is 0 Å². The highest BCUT2D eigenvalue weighted by Gasteiger charge is 2.06. The Kier molecular flexibility index (Phi) is 6.82. The standard InChI is InChI=1S/C13H20BrNO3S/c1-3-15-10-11-9-12(14)5-6-13(11)18-7-4-8-19(2,16)17/h5-6,9,15H,3-4,7-8,10H2,1-2H3. The number of benzene rings is 1. The van der Waals surface area contributed by atoms with Gasteiger partial charge in [0.1, 0.15) is 15.6 Å². The van der Waals surface area contributed by atoms with E-state index in [9.17, 15) is 8.42 Å². The third kappa shape index (κ3) is 6.94. The Morgan fingerprint density at radius 1 is 1.37 bits per heavy atom. The van der Waals surface area contributed by atoms with Gasteiger partial charge in [-0.15, -0.1) is 0 Å². The van der Waals surface area contributed by atoms with Crippen LogP contribution in [-0.2, 0) is 16.4 Å². The molecule has 0 fully saturated rings. The molecule has 1 aromatic carbocycles. The minimum atomic E-state index is -2.91. The molecule has 0 heterocycles. The van der Waals surface area contributed by atoms with E-state index in [1.165, 1.54) is 6.26 Å². The van der Waals surface area contributed by atoms with E-state index < -0.39 is 9.84 Å². The molecule has 0 radical (unpaired) electrons. The summed E-state index contributed by atoms with van der Waals surface area (Å²) in [5.74, 6) is 0.962. The first-order valence-corrected chi connectivity index (χ1v) is 9.07. The number of rotatable bonds is 8. The average Bonchev–Trinajstić information content (AvgIpc) is 2.32. The van der Waals surface area contributed by atoms with Gasteiger partial charge in [0, 0.05) is 22.8 Å². The van der Waals surface area contributed by atoms with Crippen LogP contribution in [0.25, 0.3) is 0 Å². The smallest absolute Gasteiger partial charge is 0.147 e. The molecule has 0 saturated carbocycles. The van der Waals surface area contributed by atoms with Crippen LogP contribution in [0.2, 0.25) is 0 Å². The number of sulfone groups is 1. The maximum absolute atomic E-state index is 11.0. The fourth-order valence-corrected chi connectivity index (χ4v) is 2.64. The van der Waals surface area contributed by atoms with Crippen LogP contribution in [0.3, 0.4) is 0 Å². The Hall–Kier alpha value is -0.590. The molecule has 6 heteroatoms. The number of hydrogen-bond acceptors (Lipinski definition) is 4. The maximum atomic E-state index is 11.0. The van der Waals surface area contributed by atoms with Crippen LogP contribution in [0.4, 0.5) is 0 Å². The Morgan fingerprint density at radius 3 is 2.74 bits per heavy atom. The molecular weight excluding hydrogens is 330 g/mol. The summed E-state index contributed by atoms with van der Waals surface area (Å²) in [6, 6.07) is 5.83. The molecule has 108 valence electrons. The Balaban J connectivity index is 2.56. The van der Waals surface area contributed by atoms with E-state index in [2.05, 4.69) is 21.2 Å². The lowest BCUT2D eigenvalue weighted by Gasteiger charge is -2.12. The van der Waals surface area contributed by atoms with Crippen molar-refractivity contribution in [3.8, 4) is 5.75 Å². The van der Waals surface area contributed by atoms with Crippen molar-refractivity contribution in [2.75, 3.05) is 25.2 Å². The van der Waals surface area contributed by atoms with Crippen LogP contribution in [0.15, 0.2) is 22.7 Å². The molecule has 0 aromatic heterocycles. The van der Waals surface area contributed by atoms with Crippen LogP contribution in [0.1, 0.15) is 18.9 Å². The highest BCUT2D eigenvalue weighted by atomic mass is 79.9. The van der Waals surface area contributed by atoms with E-state index in [4.69, 9.17) is 4.74 Å². The van der Waals surface area contributed by atoms with E-state index in [0.717, 1.165) is 28.9 Å². The second kappa shape index (κ2) is 7.87. The lowest BCUT2D eigenvalue weighted by atomic mass is 10.2. The second-order valence-electron chi connectivity index (χ2n) is 4.36. The molecule has 0 aliphatic carbocycles. The molecule has 1 N–H and O–H groups in total. The average molecular weight is 350 g/mol. The molecule has 0 bridgehead atoms. The summed E-state index contributed by atoms with van der Waals surface area (Å²) < 4.78 is 28.7. The lowest BCUT2D eigenvalue weighted by molar-refractivity contribution is 0.313. The third-order valence-electron chi connectivity index (χ3n) is 2.51. The molecule has 0 atom stereocenters. The van der Waals surface area contributed by atoms with Crippen molar-refractivity contribution in [2.24, 2.45) is 0 Å². The number of ether oxygens (including phenoxy) is 1. The highest BCUT2D eigenvalue weighted by Crippen LogP contribution is 2.23. The largest absolute Gasteiger partial charge is 0.493 e. The van der Waals surface area contributed by atoms with Gasteiger partial charge in [-0.3, -0.25) is 0 Å². The van der Waals surface area contributed by atoms with Crippen molar-refractivity contribution in [2.45, 2.75) is 19.9 Å². The summed E-state index contributed by atoms with van der Waals surface area (Å²) >= 11 is 3.43. The minimum absolute atomic E-state index is 0.159. The first-order chi connectivity index (χ1) is 8.92. The van der Waals surface area contributed by atoms with Gasteiger partial charge in [0.15, 0.2) is 0 Å². The Morgan fingerprint density at radius 2 is 2.11 bits per heavy atom. The van der Waals surface area contributed by atoms with Crippen molar-refractivity contribution in [3.63, 3.8) is 0 Å². The first kappa shape index (κ1) is 16.5. The van der Waals surface area contributed by atoms with E-state index in [0.29, 0.717) is 13.0 Å². The molecule has 0 unspecified atom stereocenters. The van der Waals surface area contributed by atoms with Crippen molar-refractivity contribution >= 4 is 25.8 Å². The quantitative estimate of drug-likeness (QED) is 0.732. The molecule has 1 rings (SSSR count). The molecule has 4 nitrogen and oxygen atoms in total. The highest BCUT2D eigenvalue weighted by molar-refractivity contribution is 9.10. The van der Waals surface area contributed by atoms with Gasteiger partial charge in [-0.1, -0.05) is 22.9 Å². The van der Waals surface area contributed by atoms with E-state index in [1.807, 2.05) is 25.1 Å². The van der Waals surface area contributed by atoms with E-state index >= 15 is 0 Å². The second-order valence-corrected chi connectivity index (χ2v) is 7.54. The molecule has 0 saturated heterocycles. The summed E-state index contributed by atoms with van der Waals surface area (Å²) in [5.41, 5.74) is 1.07. The SMILES string of the molecule is CCNCc1cc(Br)ccc1OCCCS(C)(=O)=O. The molecule has 0 amide bonds. The van der Waals surface area contributed by atoms with Gasteiger partial charge >= 0.3 is 0 Å². The third-order valence-corrected chi connectivity index (χ3v) is 4.03. The zero-order chi connectivity index (χ0) is 14.3. The van der Waals surface area contributed by atoms with Crippen LogP contribution in [0.5, 0.6) is 5.75 Å². The van der Waals surface area contributed by atoms with Crippen molar-refractivity contribution in [1.29, 1.82) is 0 Å². The van der Waals surface area contributed by atoms with Crippen molar-refractivity contribution in [3.05, 3.63) is 28.2 Å². The number of nitrogens with one attached hydrogen (secondary N) is 1. The van der Waals surface area contributed by atoms with Crippen LogP contribution >= 0.6 is 15.9 Å². The normalized spacial score (nSPS) is 11.5. The minimum Gasteiger partial charge on any atom is -0.493 e. The lowest BCUT2D eigenvalue weighted by Crippen LogP contribution is -2.14. The van der Waals surface area contributed by atoms with Crippen molar-refractivity contribution < 1.29 is 13.2 Å². The molecule has 1 aromatic rings. The summed E-state index contributed by atoms with van der Waals surface area (Å²) in [6.45, 7) is 4.08. The fraction of sp³-hybridized carbons (Fsp3) is 0.538. The molecular formula is C13H20BrNO3S. The van der Waals surface area contributed by atoms with Gasteiger partial charge in [-0.25, -0.2) is 8.42 Å². The topological polar surface area (TPSA) is 55.4 Å². The van der Waals surface area contributed by atoms with E-state index in [-0.39, 0.29) is 5.75 Å². The Labute approximate surface area is 123 Å². The number of halogens is 1. The van der Waals surface area contributed by atoms with Gasteiger partial charge < -0.3 is 10.1 Å². The maximum Gasteiger partial charge on any atom is 0.147 e. The van der Waals surface area contributed by atoms with E-state index in [1.54, 1.807) is 0 Å². The number of hydrogen-bond donors (Lipinski definition) is 1. The molecule has 0 aliphatic heterocycles. The van der Waals surface area contributed by atoms with Crippen molar-refractivity contribution in [1.82, 2.24) is 5.32 Å². The zero-order valence-corrected chi connectivity index (χ0v) is 13.7. The molecule has 19 heavy (non-hydrogen) atoms. The van der Waals surface area contributed by atoms with Gasteiger partial charge in [0.2, 0.25) is 0 Å². The van der Waals surface area contributed by atoms with Crippen LogP contribution < -0.4 is 10.1 Å². The summed E-state index contributed by atoms with van der Waals surface area (Å²) in [6.07, 6.45) is 1.75. The van der Waals surface area contributed by atoms with Crippen LogP contribution in [0, 0.1) is 0 Å². The predicted molar refractivity (Wildman–Crippen MR) is 81.3 cm³/mol. The molecule has 0 spiro atoms. The molecule has 0 aliphatic rings. The van der Waals surface area contributed by atoms with Gasteiger partial charge in [0.25, 0.3) is 0 Å². The van der Waals surface area contributed by atoms with Crippen LogP contribution in [-0.4, -0.2) is 33.6 Å².